The molecule has 0 unspecified atom stereocenters. The van der Waals surface area contributed by atoms with Crippen molar-refractivity contribution in [3.05, 3.63) is 12.2 Å². The fraction of sp³-hybridized carbons (Fsp3) is 0.667. The molecule has 1 aliphatic rings. The van der Waals surface area contributed by atoms with Crippen molar-refractivity contribution in [3.8, 4) is 11.8 Å². The van der Waals surface area contributed by atoms with Crippen LogP contribution in [0.15, 0.2) is 12.2 Å². The minimum Gasteiger partial charge on any atom is -0.362 e. The van der Waals surface area contributed by atoms with Gasteiger partial charge in [-0.15, -0.1) is 0 Å². The Bertz CT molecular complexity index is 266. The van der Waals surface area contributed by atoms with Crippen molar-refractivity contribution < 1.29 is 4.74 Å². The molecule has 0 bridgehead atoms. The molecule has 0 aromatic rings. The molecule has 14 heavy (non-hydrogen) atoms. The summed E-state index contributed by atoms with van der Waals surface area (Å²) in [6, 6.07) is 0. The van der Waals surface area contributed by atoms with Crippen molar-refractivity contribution in [1.29, 1.82) is 0 Å². The van der Waals surface area contributed by atoms with Gasteiger partial charge in [0, 0.05) is 17.4 Å². The monoisotopic (exact) mass is 210 g/mol. The topological polar surface area (TPSA) is 9.23 Å². The minimum atomic E-state index is -0.307. The van der Waals surface area contributed by atoms with E-state index >= 15 is 0 Å². The van der Waals surface area contributed by atoms with Crippen LogP contribution in [0.2, 0.25) is 0 Å². The van der Waals surface area contributed by atoms with Crippen molar-refractivity contribution in [3.63, 3.8) is 0 Å². The lowest BCUT2D eigenvalue weighted by molar-refractivity contribution is 0.0323. The molecule has 0 amide bonds. The highest BCUT2D eigenvalue weighted by Crippen LogP contribution is 2.31. The van der Waals surface area contributed by atoms with Gasteiger partial charge in [0.15, 0.2) is 0 Å². The number of allylic oxidation sites excluding steroid dienone is 1. The molecule has 78 valence electrons. The first-order valence-corrected chi connectivity index (χ1v) is 5.94. The molecule has 1 aliphatic heterocycles. The fourth-order valence-electron chi connectivity index (χ4n) is 0.910. The van der Waals surface area contributed by atoms with Crippen molar-refractivity contribution in [2.24, 2.45) is 0 Å². The molecule has 0 aromatic carbocycles. The Morgan fingerprint density at radius 2 is 2.29 bits per heavy atom. The summed E-state index contributed by atoms with van der Waals surface area (Å²) in [4.78, 5) is 0. The maximum absolute atomic E-state index is 5.71. The third-order valence-electron chi connectivity index (χ3n) is 1.81. The van der Waals surface area contributed by atoms with Gasteiger partial charge >= 0.3 is 0 Å². The molecule has 0 radical (unpaired) electrons. The first-order valence-electron chi connectivity index (χ1n) is 4.89. The van der Waals surface area contributed by atoms with Gasteiger partial charge in [0.1, 0.15) is 5.60 Å². The Morgan fingerprint density at radius 3 is 2.79 bits per heavy atom. The second-order valence-electron chi connectivity index (χ2n) is 4.21. The lowest BCUT2D eigenvalue weighted by Gasteiger charge is -2.18. The number of hydrogen-bond donors (Lipinski definition) is 0. The van der Waals surface area contributed by atoms with Gasteiger partial charge in [0.25, 0.3) is 0 Å². The lowest BCUT2D eigenvalue weighted by Crippen LogP contribution is -2.24. The van der Waals surface area contributed by atoms with Crippen molar-refractivity contribution in [1.82, 2.24) is 0 Å². The number of ether oxygens (including phenoxy) is 1. The summed E-state index contributed by atoms with van der Waals surface area (Å²) >= 11 is 1.95. The van der Waals surface area contributed by atoms with Gasteiger partial charge in [0.2, 0.25) is 0 Å². The summed E-state index contributed by atoms with van der Waals surface area (Å²) in [5.41, 5.74) is 0.796. The van der Waals surface area contributed by atoms with Crippen LogP contribution in [0.25, 0.3) is 0 Å². The third kappa shape index (κ3) is 5.36. The third-order valence-corrected chi connectivity index (χ3v) is 2.75. The average molecular weight is 210 g/mol. The second-order valence-corrected chi connectivity index (χ2v) is 5.55. The van der Waals surface area contributed by atoms with E-state index in [1.165, 1.54) is 5.75 Å². The Balaban J connectivity index is 2.28. The molecule has 1 rings (SSSR count). The maximum Gasteiger partial charge on any atom is 0.123 e. The first-order chi connectivity index (χ1) is 6.49. The van der Waals surface area contributed by atoms with E-state index in [0.717, 1.165) is 23.9 Å². The summed E-state index contributed by atoms with van der Waals surface area (Å²) in [6.45, 7) is 10.7. The van der Waals surface area contributed by atoms with Gasteiger partial charge in [-0.05, 0) is 20.8 Å². The predicted molar refractivity (Wildman–Crippen MR) is 63.5 cm³/mol. The highest BCUT2D eigenvalue weighted by Gasteiger charge is 2.25. The predicted octanol–water partition coefficient (Wildman–Crippen LogP) is 2.87. The summed E-state index contributed by atoms with van der Waals surface area (Å²) in [7, 11) is 0. The average Bonchev–Trinajstić information content (AvgIpc) is 2.82. The van der Waals surface area contributed by atoms with Crippen molar-refractivity contribution in [2.45, 2.75) is 38.0 Å². The fourth-order valence-corrected chi connectivity index (χ4v) is 1.31. The summed E-state index contributed by atoms with van der Waals surface area (Å²) in [5, 5.41) is 0.720. The molecule has 0 aliphatic carbocycles. The standard InChI is InChI=1S/C12H18OS/c1-10(2)6-5-7-12(3,4)13-8-11-9-14-11/h11H,1,6,8-9H2,2-4H3/t11-/m0/s1. The molecular formula is C12H18OS. The van der Waals surface area contributed by atoms with Crippen LogP contribution < -0.4 is 0 Å². The molecule has 1 nitrogen and oxygen atoms in total. The molecule has 0 saturated carbocycles. The van der Waals surface area contributed by atoms with Crippen LogP contribution in [0, 0.1) is 11.8 Å². The van der Waals surface area contributed by atoms with Crippen LogP contribution in [0.1, 0.15) is 27.2 Å². The van der Waals surface area contributed by atoms with Gasteiger partial charge < -0.3 is 4.74 Å². The van der Waals surface area contributed by atoms with E-state index in [9.17, 15) is 0 Å². The summed E-state index contributed by atoms with van der Waals surface area (Å²) < 4.78 is 5.71. The Kier molecular flexibility index (Phi) is 4.10. The van der Waals surface area contributed by atoms with E-state index in [1.807, 2.05) is 32.5 Å². The summed E-state index contributed by atoms with van der Waals surface area (Å²) in [5.74, 6) is 7.46. The molecular weight excluding hydrogens is 192 g/mol. The highest BCUT2D eigenvalue weighted by atomic mass is 32.2. The molecule has 1 heterocycles. The number of rotatable bonds is 4. The minimum absolute atomic E-state index is 0.307. The van der Waals surface area contributed by atoms with Crippen LogP contribution in [-0.4, -0.2) is 23.2 Å². The number of hydrogen-bond acceptors (Lipinski definition) is 2. The van der Waals surface area contributed by atoms with E-state index in [4.69, 9.17) is 4.74 Å². The Hall–Kier alpha value is -0.390. The molecule has 1 saturated heterocycles. The zero-order valence-electron chi connectivity index (χ0n) is 9.22. The van der Waals surface area contributed by atoms with Crippen molar-refractivity contribution in [2.75, 3.05) is 12.4 Å². The van der Waals surface area contributed by atoms with Gasteiger partial charge in [-0.2, -0.15) is 11.8 Å². The van der Waals surface area contributed by atoms with E-state index in [1.54, 1.807) is 0 Å². The first kappa shape index (κ1) is 11.7. The van der Waals surface area contributed by atoms with Gasteiger partial charge in [-0.3, -0.25) is 0 Å². The van der Waals surface area contributed by atoms with Crippen LogP contribution in [0.5, 0.6) is 0 Å². The van der Waals surface area contributed by atoms with Crippen molar-refractivity contribution >= 4 is 11.8 Å². The van der Waals surface area contributed by atoms with E-state index in [0.29, 0.717) is 0 Å². The van der Waals surface area contributed by atoms with Crippen LogP contribution >= 0.6 is 11.8 Å². The van der Waals surface area contributed by atoms with Gasteiger partial charge in [-0.1, -0.05) is 24.0 Å². The zero-order chi connectivity index (χ0) is 10.6. The largest absolute Gasteiger partial charge is 0.362 e. The molecule has 2 heteroatoms. The molecule has 0 aromatic heterocycles. The zero-order valence-corrected chi connectivity index (χ0v) is 10.0. The highest BCUT2D eigenvalue weighted by molar-refractivity contribution is 8.06. The summed E-state index contributed by atoms with van der Waals surface area (Å²) in [6.07, 6.45) is 0.769. The maximum atomic E-state index is 5.71. The molecule has 1 fully saturated rings. The lowest BCUT2D eigenvalue weighted by atomic mass is 10.1. The van der Waals surface area contributed by atoms with Crippen LogP contribution in [0.4, 0.5) is 0 Å². The van der Waals surface area contributed by atoms with Crippen LogP contribution in [-0.2, 0) is 4.74 Å². The Morgan fingerprint density at radius 1 is 1.64 bits per heavy atom. The normalized spacial score (nSPS) is 19.8. The van der Waals surface area contributed by atoms with E-state index in [-0.39, 0.29) is 5.60 Å². The van der Waals surface area contributed by atoms with Gasteiger partial charge in [-0.25, -0.2) is 0 Å². The van der Waals surface area contributed by atoms with Gasteiger partial charge in [0.05, 0.1) is 6.61 Å². The molecule has 1 atom stereocenters. The number of thioether (sulfide) groups is 1. The quantitative estimate of drug-likeness (QED) is 0.401. The molecule has 0 spiro atoms. The van der Waals surface area contributed by atoms with E-state index in [2.05, 4.69) is 18.4 Å². The Labute approximate surface area is 91.3 Å². The van der Waals surface area contributed by atoms with E-state index < -0.39 is 0 Å². The smallest absolute Gasteiger partial charge is 0.123 e. The second kappa shape index (κ2) is 4.91. The molecule has 0 N–H and O–H groups in total. The van der Waals surface area contributed by atoms with Crippen LogP contribution in [0.3, 0.4) is 0 Å². The SMILES string of the molecule is C=C(C)CC#CC(C)(C)OC[C@H]1CS1.